The van der Waals surface area contributed by atoms with E-state index in [1.165, 1.54) is 165 Å². The van der Waals surface area contributed by atoms with Crippen LogP contribution >= 0.6 is 0 Å². The second-order valence-electron chi connectivity index (χ2n) is 31.4. The number of fused-ring (bicyclic) bond motifs is 10. The molecule has 572 valence electrons. The zero-order chi connectivity index (χ0) is 80.8. The highest BCUT2D eigenvalue weighted by Gasteiger charge is 2.25. The van der Waals surface area contributed by atoms with Crippen molar-refractivity contribution in [2.24, 2.45) is 0 Å². The van der Waals surface area contributed by atoms with Crippen molar-refractivity contribution in [3.05, 3.63) is 485 Å². The maximum absolute atomic E-state index is 2.40. The normalized spacial score (nSPS) is 11.4. The number of nitrogens with zero attached hydrogens (tertiary/aromatic N) is 4. The first-order chi connectivity index (χ1) is 60.6. The second kappa shape index (κ2) is 31.4. The van der Waals surface area contributed by atoms with E-state index in [9.17, 15) is 0 Å². The summed E-state index contributed by atoms with van der Waals surface area (Å²) >= 11 is 0. The number of para-hydroxylation sites is 4. The van der Waals surface area contributed by atoms with Gasteiger partial charge in [0.1, 0.15) is 0 Å². The van der Waals surface area contributed by atoms with Gasteiger partial charge in [0.2, 0.25) is 0 Å². The first-order valence-corrected chi connectivity index (χ1v) is 41.9. The number of rotatable bonds is 15. The number of aromatic nitrogens is 2. The molecule has 0 spiro atoms. The minimum absolute atomic E-state index is 1.09. The lowest BCUT2D eigenvalue weighted by molar-refractivity contribution is 1.18. The van der Waals surface area contributed by atoms with Crippen LogP contribution in [0.1, 0.15) is 0 Å². The molecule has 21 aromatic carbocycles. The third kappa shape index (κ3) is 13.1. The van der Waals surface area contributed by atoms with Crippen LogP contribution in [0, 0.1) is 0 Å². The fourth-order valence-electron chi connectivity index (χ4n) is 18.8. The van der Waals surface area contributed by atoms with Crippen LogP contribution in [-0.2, 0) is 0 Å². The van der Waals surface area contributed by atoms with E-state index in [1.54, 1.807) is 0 Å². The zero-order valence-electron chi connectivity index (χ0n) is 67.0. The van der Waals surface area contributed by atoms with Crippen LogP contribution in [0.4, 0.5) is 34.1 Å². The van der Waals surface area contributed by atoms with Gasteiger partial charge in [0.15, 0.2) is 0 Å². The molecule has 23 aromatic rings. The van der Waals surface area contributed by atoms with E-state index < -0.39 is 0 Å². The summed E-state index contributed by atoms with van der Waals surface area (Å²) in [5.41, 5.74) is 30.7. The number of hydrogen-bond donors (Lipinski definition) is 0. The van der Waals surface area contributed by atoms with E-state index in [4.69, 9.17) is 0 Å². The molecule has 0 atom stereocenters. The Morgan fingerprint density at radius 1 is 0.123 bits per heavy atom. The Balaban J connectivity index is 0.000000146. The van der Waals surface area contributed by atoms with Crippen molar-refractivity contribution >= 4 is 121 Å². The van der Waals surface area contributed by atoms with Crippen molar-refractivity contribution in [3.8, 4) is 89.3 Å². The van der Waals surface area contributed by atoms with E-state index in [0.29, 0.717) is 0 Å². The molecule has 0 N–H and O–H groups in total. The monoisotopic (exact) mass is 1550 g/mol. The van der Waals surface area contributed by atoms with E-state index in [0.717, 1.165) is 45.5 Å². The van der Waals surface area contributed by atoms with Gasteiger partial charge in [-0.25, -0.2) is 0 Å². The average Bonchev–Trinajstić information content (AvgIpc) is 1.69. The minimum Gasteiger partial charge on any atom is -0.310 e. The van der Waals surface area contributed by atoms with Crippen LogP contribution in [-0.4, -0.2) is 9.13 Å². The molecule has 0 aliphatic carbocycles. The van der Waals surface area contributed by atoms with Crippen LogP contribution in [0.5, 0.6) is 0 Å². The molecule has 0 aliphatic rings. The molecule has 0 fully saturated rings. The van der Waals surface area contributed by atoms with Crippen LogP contribution < -0.4 is 9.80 Å². The molecule has 0 aliphatic heterocycles. The largest absolute Gasteiger partial charge is 0.310 e. The molecule has 2 heterocycles. The fraction of sp³-hybridized carbons (Fsp3) is 0. The first kappa shape index (κ1) is 72.3. The van der Waals surface area contributed by atoms with Crippen molar-refractivity contribution in [1.29, 1.82) is 0 Å². The van der Waals surface area contributed by atoms with Gasteiger partial charge in [0.05, 0.1) is 22.1 Å². The molecule has 0 bridgehead atoms. The quantitative estimate of drug-likeness (QED) is 0.0951. The Hall–Kier alpha value is -16.1. The van der Waals surface area contributed by atoms with Crippen molar-refractivity contribution in [1.82, 2.24) is 9.13 Å². The maximum atomic E-state index is 2.40. The summed E-state index contributed by atoms with van der Waals surface area (Å²) in [5.74, 6) is 0. The van der Waals surface area contributed by atoms with Gasteiger partial charge in [-0.2, -0.15) is 0 Å². The summed E-state index contributed by atoms with van der Waals surface area (Å²) in [7, 11) is 0. The molecular weight excluding hydrogens is 1470 g/mol. The van der Waals surface area contributed by atoms with Crippen LogP contribution in [0.3, 0.4) is 0 Å². The molecule has 0 saturated heterocycles. The van der Waals surface area contributed by atoms with E-state index in [2.05, 4.69) is 504 Å². The standard InChI is InChI=1S/C62H42N2.C56H38N2/c1-5-17-43(18-6-1)44-29-31-45(32-30-44)48-35-39-59-57(41-48)58-42-52(38-40-60(58)64(59)50-23-11-4-12-24-50)63(49-21-9-3-10-22-49)51-36-33-47(34-37-51)62-55-27-15-13-25-53(55)61(46-19-7-2-8-20-46)54-26-14-16-28-56(54)62;1-5-17-39(18-6-1)42-31-35-53-51(37-42)52-38-46(34-36-54(52)58(53)44-23-11-4-12-24-44)57(43-21-9-3-10-22-43)45-32-29-41(30-33-45)56-49-27-15-13-25-47(49)55(40-19-7-2-8-20-40)48-26-14-16-28-50(48)56/h1-42H;1-38H. The van der Waals surface area contributed by atoms with Crippen molar-refractivity contribution < 1.29 is 0 Å². The number of benzene rings is 21. The summed E-state index contributed by atoms with van der Waals surface area (Å²) in [5, 5.41) is 14.9. The Kier molecular flexibility index (Phi) is 18.6. The fourth-order valence-corrected chi connectivity index (χ4v) is 18.8. The number of hydrogen-bond acceptors (Lipinski definition) is 2. The van der Waals surface area contributed by atoms with Crippen molar-refractivity contribution in [2.45, 2.75) is 0 Å². The van der Waals surface area contributed by atoms with Gasteiger partial charge in [-0.3, -0.25) is 0 Å². The molecule has 0 unspecified atom stereocenters. The van der Waals surface area contributed by atoms with Crippen LogP contribution in [0.15, 0.2) is 485 Å². The summed E-state index contributed by atoms with van der Waals surface area (Å²) < 4.78 is 4.79. The molecule has 2 aromatic heterocycles. The molecule has 0 radical (unpaired) electrons. The van der Waals surface area contributed by atoms with E-state index in [1.807, 2.05) is 0 Å². The minimum atomic E-state index is 1.09. The smallest absolute Gasteiger partial charge is 0.0542 e. The summed E-state index contributed by atoms with van der Waals surface area (Å²) in [6.07, 6.45) is 0. The highest BCUT2D eigenvalue weighted by Crippen LogP contribution is 2.50. The highest BCUT2D eigenvalue weighted by molar-refractivity contribution is 6.23. The SMILES string of the molecule is c1ccc(-c2ccc(-c3ccc4c(c3)c3cc(N(c5ccccc5)c5ccc(-c6c7ccccc7c(-c7ccccc7)c7ccccc67)cc5)ccc3n4-c3ccccc3)cc2)cc1.c1ccc(-c2ccc3c(c2)c2cc(N(c4ccccc4)c4ccc(-c5c6ccccc6c(-c6ccccc6)c6ccccc56)cc4)ccc2n3-c2ccccc2)cc1. The third-order valence-corrected chi connectivity index (χ3v) is 24.3. The average molecular weight is 1550 g/mol. The molecule has 0 saturated carbocycles. The maximum Gasteiger partial charge on any atom is 0.0542 e. The Bertz CT molecular complexity index is 7670. The molecule has 23 rings (SSSR count). The van der Waals surface area contributed by atoms with Gasteiger partial charge in [0, 0.05) is 67.0 Å². The molecular formula is C118H80N4. The number of anilines is 6. The van der Waals surface area contributed by atoms with Crippen molar-refractivity contribution in [2.75, 3.05) is 9.80 Å². The van der Waals surface area contributed by atoms with Crippen LogP contribution in [0.25, 0.3) is 176 Å². The van der Waals surface area contributed by atoms with E-state index in [-0.39, 0.29) is 0 Å². The Morgan fingerprint density at radius 3 is 0.615 bits per heavy atom. The van der Waals surface area contributed by atoms with Crippen molar-refractivity contribution in [3.63, 3.8) is 0 Å². The molecule has 0 amide bonds. The van der Waals surface area contributed by atoms with Gasteiger partial charge in [0.25, 0.3) is 0 Å². The molecule has 4 heteroatoms. The molecule has 4 nitrogen and oxygen atoms in total. The first-order valence-electron chi connectivity index (χ1n) is 41.9. The summed E-state index contributed by atoms with van der Waals surface area (Å²) in [6.45, 7) is 0. The lowest BCUT2D eigenvalue weighted by Crippen LogP contribution is -2.09. The third-order valence-electron chi connectivity index (χ3n) is 24.3. The van der Waals surface area contributed by atoms with Gasteiger partial charge in [-0.15, -0.1) is 0 Å². The Labute approximate surface area is 709 Å². The summed E-state index contributed by atoms with van der Waals surface area (Å²) in [4.78, 5) is 4.76. The predicted octanol–water partition coefficient (Wildman–Crippen LogP) is 32.8. The van der Waals surface area contributed by atoms with E-state index >= 15 is 0 Å². The summed E-state index contributed by atoms with van der Waals surface area (Å²) in [6, 6.07) is 176. The highest BCUT2D eigenvalue weighted by atomic mass is 15.1. The second-order valence-corrected chi connectivity index (χ2v) is 31.4. The van der Waals surface area contributed by atoms with Gasteiger partial charge in [-0.05, 0) is 254 Å². The lowest BCUT2D eigenvalue weighted by atomic mass is 9.86. The lowest BCUT2D eigenvalue weighted by Gasteiger charge is -2.26. The van der Waals surface area contributed by atoms with Gasteiger partial charge in [-0.1, -0.05) is 352 Å². The van der Waals surface area contributed by atoms with Crippen LogP contribution in [0.2, 0.25) is 0 Å². The van der Waals surface area contributed by atoms with Gasteiger partial charge < -0.3 is 18.9 Å². The topological polar surface area (TPSA) is 16.3 Å². The zero-order valence-corrected chi connectivity index (χ0v) is 67.0. The Morgan fingerprint density at radius 2 is 0.311 bits per heavy atom. The van der Waals surface area contributed by atoms with Gasteiger partial charge >= 0.3 is 0 Å². The predicted molar refractivity (Wildman–Crippen MR) is 519 cm³/mol. The molecule has 122 heavy (non-hydrogen) atoms.